The Hall–Kier alpha value is -1.99. The Morgan fingerprint density at radius 2 is 2.00 bits per heavy atom. The van der Waals surface area contributed by atoms with Crippen molar-refractivity contribution in [2.45, 2.75) is 71.2 Å². The van der Waals surface area contributed by atoms with Crippen LogP contribution in [0.5, 0.6) is 5.75 Å². The predicted octanol–water partition coefficient (Wildman–Crippen LogP) is 3.50. The summed E-state index contributed by atoms with van der Waals surface area (Å²) < 4.78 is 18.8. The first kappa shape index (κ1) is 20.7. The number of nitrogens with zero attached hydrogens (tertiary/aromatic N) is 1. The van der Waals surface area contributed by atoms with Gasteiger partial charge in [0.1, 0.15) is 10.8 Å². The summed E-state index contributed by atoms with van der Waals surface area (Å²) in [5.41, 5.74) is 0.187. The minimum Gasteiger partial charge on any atom is -0.489 e. The predicted molar refractivity (Wildman–Crippen MR) is 107 cm³/mol. The fourth-order valence-corrected chi connectivity index (χ4v) is 3.79. The molecule has 0 saturated heterocycles. The number of benzene rings is 1. The average Bonchev–Trinajstić information content (AvgIpc) is 2.99. The molecule has 1 aromatic heterocycles. The van der Waals surface area contributed by atoms with E-state index in [-0.39, 0.29) is 29.7 Å². The molecule has 1 aliphatic rings. The van der Waals surface area contributed by atoms with Gasteiger partial charge in [0, 0.05) is 13.0 Å². The Bertz CT molecular complexity index is 883. The largest absolute Gasteiger partial charge is 0.489 e. The first-order valence-electron chi connectivity index (χ1n) is 9.76. The molecule has 1 fully saturated rings. The van der Waals surface area contributed by atoms with Crippen molar-refractivity contribution in [3.63, 3.8) is 0 Å². The number of hydrogen-bond donors (Lipinski definition) is 1. The molecule has 0 spiro atoms. The molecule has 3 rings (SSSR count). The van der Waals surface area contributed by atoms with Crippen LogP contribution in [-0.4, -0.2) is 35.5 Å². The van der Waals surface area contributed by atoms with Gasteiger partial charge in [0.25, 0.3) is 5.56 Å². The van der Waals surface area contributed by atoms with Gasteiger partial charge in [-0.3, -0.25) is 9.59 Å². The number of ether oxygens (including phenoxy) is 2. The van der Waals surface area contributed by atoms with Crippen molar-refractivity contribution in [1.82, 2.24) is 10.1 Å². The van der Waals surface area contributed by atoms with Gasteiger partial charge in [-0.05, 0) is 51.7 Å². The molecular weight excluding hydrogens is 384 g/mol. The zero-order valence-electron chi connectivity index (χ0n) is 16.5. The van der Waals surface area contributed by atoms with Crippen molar-refractivity contribution in [2.75, 3.05) is 6.61 Å². The van der Waals surface area contributed by atoms with Gasteiger partial charge in [-0.2, -0.15) is 4.74 Å². The molecule has 154 valence electrons. The van der Waals surface area contributed by atoms with E-state index >= 15 is 0 Å². The molecule has 0 radical (unpaired) electrons. The summed E-state index contributed by atoms with van der Waals surface area (Å²) in [6.07, 6.45) is 3.70. The van der Waals surface area contributed by atoms with E-state index in [0.717, 1.165) is 25.7 Å². The summed E-state index contributed by atoms with van der Waals surface area (Å²) in [5.74, 6) is 0.488. The molecule has 2 aromatic rings. The number of amides is 1. The van der Waals surface area contributed by atoms with E-state index in [1.807, 2.05) is 13.8 Å². The maximum atomic E-state index is 12.2. The molecule has 1 aliphatic carbocycles. The number of halogens is 1. The molecule has 8 heteroatoms. The van der Waals surface area contributed by atoms with Gasteiger partial charge in [-0.25, -0.2) is 0 Å². The summed E-state index contributed by atoms with van der Waals surface area (Å²) in [7, 11) is 0. The van der Waals surface area contributed by atoms with Gasteiger partial charge < -0.3 is 19.3 Å². The van der Waals surface area contributed by atoms with Crippen LogP contribution in [-0.2, 0) is 16.1 Å². The minimum absolute atomic E-state index is 0.00194. The van der Waals surface area contributed by atoms with E-state index < -0.39 is 0 Å². The van der Waals surface area contributed by atoms with E-state index in [2.05, 4.69) is 5.32 Å². The molecule has 1 amide bonds. The van der Waals surface area contributed by atoms with E-state index in [4.69, 9.17) is 25.6 Å². The van der Waals surface area contributed by atoms with Gasteiger partial charge in [0.05, 0.1) is 30.7 Å². The number of nitrogens with one attached hydrogen (secondary N) is 1. The first-order chi connectivity index (χ1) is 13.4. The molecule has 7 nitrogen and oxygen atoms in total. The van der Waals surface area contributed by atoms with Crippen LogP contribution in [0.1, 0.15) is 46.5 Å². The maximum absolute atomic E-state index is 12.2. The number of aromatic nitrogens is 1. The zero-order valence-corrected chi connectivity index (χ0v) is 17.3. The van der Waals surface area contributed by atoms with Crippen LogP contribution in [0.15, 0.2) is 21.5 Å². The van der Waals surface area contributed by atoms with Crippen LogP contribution in [0, 0.1) is 0 Å². The third-order valence-electron chi connectivity index (χ3n) is 4.95. The van der Waals surface area contributed by atoms with Crippen LogP contribution >= 0.6 is 11.6 Å². The Kier molecular flexibility index (Phi) is 6.67. The lowest BCUT2D eigenvalue weighted by atomic mass is 9.95. The van der Waals surface area contributed by atoms with Crippen LogP contribution in [0.2, 0.25) is 5.02 Å². The van der Waals surface area contributed by atoms with Crippen molar-refractivity contribution in [3.05, 3.63) is 27.5 Å². The molecule has 1 aromatic carbocycles. The molecular formula is C20H27ClN2O5. The SMILES string of the molecule is CCn1oc2c(Cl)c(OC3CCC(OC[C@H](C)NC(C)=O)CC3)ccc2c1=O. The van der Waals surface area contributed by atoms with E-state index in [9.17, 15) is 9.59 Å². The highest BCUT2D eigenvalue weighted by Gasteiger charge is 2.25. The molecule has 1 heterocycles. The molecule has 0 aliphatic heterocycles. The van der Waals surface area contributed by atoms with Crippen LogP contribution in [0.25, 0.3) is 11.0 Å². The van der Waals surface area contributed by atoms with E-state index in [0.29, 0.717) is 34.9 Å². The smallest absolute Gasteiger partial charge is 0.290 e. The van der Waals surface area contributed by atoms with E-state index in [1.54, 1.807) is 12.1 Å². The van der Waals surface area contributed by atoms with Crippen molar-refractivity contribution in [1.29, 1.82) is 0 Å². The molecule has 1 saturated carbocycles. The maximum Gasteiger partial charge on any atom is 0.290 e. The fraction of sp³-hybridized carbons (Fsp3) is 0.600. The Morgan fingerprint density at radius 1 is 1.32 bits per heavy atom. The summed E-state index contributed by atoms with van der Waals surface area (Å²) in [6.45, 7) is 6.23. The van der Waals surface area contributed by atoms with Gasteiger partial charge in [-0.1, -0.05) is 11.6 Å². The number of hydrogen-bond acceptors (Lipinski definition) is 5. The lowest BCUT2D eigenvalue weighted by molar-refractivity contribution is -0.120. The molecule has 0 bridgehead atoms. The number of aryl methyl sites for hydroxylation is 1. The van der Waals surface area contributed by atoms with E-state index in [1.165, 1.54) is 11.7 Å². The summed E-state index contributed by atoms with van der Waals surface area (Å²) in [4.78, 5) is 23.2. The lowest BCUT2D eigenvalue weighted by Crippen LogP contribution is -2.36. The van der Waals surface area contributed by atoms with Gasteiger partial charge >= 0.3 is 0 Å². The second-order valence-corrected chi connectivity index (χ2v) is 7.67. The molecule has 1 atom stereocenters. The summed E-state index contributed by atoms with van der Waals surface area (Å²) >= 11 is 6.43. The van der Waals surface area contributed by atoms with Gasteiger partial charge in [0.15, 0.2) is 5.58 Å². The third-order valence-corrected chi connectivity index (χ3v) is 5.31. The van der Waals surface area contributed by atoms with Crippen molar-refractivity contribution < 1.29 is 18.8 Å². The number of carbonyl (C=O) groups excluding carboxylic acids is 1. The van der Waals surface area contributed by atoms with Crippen molar-refractivity contribution >= 4 is 28.5 Å². The second-order valence-electron chi connectivity index (χ2n) is 7.30. The number of carbonyl (C=O) groups is 1. The second kappa shape index (κ2) is 9.01. The third kappa shape index (κ3) is 4.70. The quantitative estimate of drug-likeness (QED) is 0.755. The fourth-order valence-electron chi connectivity index (χ4n) is 3.55. The van der Waals surface area contributed by atoms with Gasteiger partial charge in [0.2, 0.25) is 5.91 Å². The molecule has 1 N–H and O–H groups in total. The summed E-state index contributed by atoms with van der Waals surface area (Å²) in [6, 6.07) is 3.44. The average molecular weight is 411 g/mol. The highest BCUT2D eigenvalue weighted by atomic mass is 35.5. The lowest BCUT2D eigenvalue weighted by Gasteiger charge is -2.30. The van der Waals surface area contributed by atoms with Crippen LogP contribution in [0.3, 0.4) is 0 Å². The Labute approximate surface area is 168 Å². The normalized spacial score (nSPS) is 20.9. The number of rotatable bonds is 7. The van der Waals surface area contributed by atoms with Crippen LogP contribution < -0.4 is 15.6 Å². The summed E-state index contributed by atoms with van der Waals surface area (Å²) in [5, 5.41) is 3.62. The minimum atomic E-state index is -0.183. The Balaban J connectivity index is 1.55. The Morgan fingerprint density at radius 3 is 2.64 bits per heavy atom. The van der Waals surface area contributed by atoms with Crippen molar-refractivity contribution in [2.24, 2.45) is 0 Å². The first-order valence-corrected chi connectivity index (χ1v) is 10.1. The monoisotopic (exact) mass is 410 g/mol. The van der Waals surface area contributed by atoms with Gasteiger partial charge in [-0.15, -0.1) is 0 Å². The van der Waals surface area contributed by atoms with Crippen LogP contribution in [0.4, 0.5) is 0 Å². The standard InChI is InChI=1S/C20H27ClN2O5/c1-4-23-20(25)16-9-10-17(18(21)19(16)28-23)27-15-7-5-14(6-8-15)26-11-12(2)22-13(3)24/h9-10,12,14-15H,4-8,11H2,1-3H3,(H,22,24)/t12-,14?,15?/m0/s1. The molecule has 0 unspecified atom stereocenters. The number of fused-ring (bicyclic) bond motifs is 1. The highest BCUT2D eigenvalue weighted by molar-refractivity contribution is 6.36. The molecule has 28 heavy (non-hydrogen) atoms. The van der Waals surface area contributed by atoms with Crippen molar-refractivity contribution in [3.8, 4) is 5.75 Å². The highest BCUT2D eigenvalue weighted by Crippen LogP contribution is 2.34. The zero-order chi connectivity index (χ0) is 20.3. The topological polar surface area (TPSA) is 82.7 Å².